The third kappa shape index (κ3) is 1.53. The molecule has 0 aliphatic rings. The summed E-state index contributed by atoms with van der Waals surface area (Å²) in [6.07, 6.45) is 1.68. The molecule has 0 aliphatic carbocycles. The second-order valence-corrected chi connectivity index (χ2v) is 2.31. The Hall–Kier alpha value is -0.920. The highest BCUT2D eigenvalue weighted by Crippen LogP contribution is 2.10. The normalized spacial score (nSPS) is 13.0. The SMILES string of the molecule is CC(CF)c1ccccn1. The van der Waals surface area contributed by atoms with E-state index in [-0.39, 0.29) is 12.6 Å². The van der Waals surface area contributed by atoms with E-state index in [1.54, 1.807) is 6.20 Å². The summed E-state index contributed by atoms with van der Waals surface area (Å²) < 4.78 is 12.0. The monoisotopic (exact) mass is 139 g/mol. The number of alkyl halides is 1. The first-order valence-electron chi connectivity index (χ1n) is 3.31. The van der Waals surface area contributed by atoms with E-state index in [1.807, 2.05) is 25.1 Å². The van der Waals surface area contributed by atoms with Crippen LogP contribution in [0.3, 0.4) is 0 Å². The number of rotatable bonds is 2. The van der Waals surface area contributed by atoms with Gasteiger partial charge in [0, 0.05) is 17.8 Å². The van der Waals surface area contributed by atoms with Crippen molar-refractivity contribution in [2.75, 3.05) is 6.67 Å². The van der Waals surface area contributed by atoms with Crippen molar-refractivity contribution >= 4 is 0 Å². The molecule has 2 heteroatoms. The predicted octanol–water partition coefficient (Wildman–Crippen LogP) is 2.15. The van der Waals surface area contributed by atoms with E-state index in [4.69, 9.17) is 0 Å². The zero-order chi connectivity index (χ0) is 7.40. The van der Waals surface area contributed by atoms with Crippen molar-refractivity contribution in [2.24, 2.45) is 0 Å². The van der Waals surface area contributed by atoms with Crippen molar-refractivity contribution in [1.82, 2.24) is 4.98 Å². The zero-order valence-electron chi connectivity index (χ0n) is 5.92. The summed E-state index contributed by atoms with van der Waals surface area (Å²) in [7, 11) is 0. The van der Waals surface area contributed by atoms with Gasteiger partial charge in [0.15, 0.2) is 0 Å². The minimum atomic E-state index is -0.336. The van der Waals surface area contributed by atoms with Crippen LogP contribution < -0.4 is 0 Å². The Morgan fingerprint density at radius 2 is 2.40 bits per heavy atom. The maximum atomic E-state index is 12.0. The van der Waals surface area contributed by atoms with E-state index in [0.29, 0.717) is 0 Å². The molecule has 0 saturated carbocycles. The summed E-state index contributed by atoms with van der Waals surface area (Å²) in [4.78, 5) is 4.01. The summed E-state index contributed by atoms with van der Waals surface area (Å²) in [5, 5.41) is 0. The number of pyridine rings is 1. The van der Waals surface area contributed by atoms with Crippen molar-refractivity contribution in [3.63, 3.8) is 0 Å². The number of nitrogens with zero attached hydrogens (tertiary/aromatic N) is 1. The quantitative estimate of drug-likeness (QED) is 0.611. The molecule has 1 rings (SSSR count). The van der Waals surface area contributed by atoms with E-state index < -0.39 is 0 Å². The summed E-state index contributed by atoms with van der Waals surface area (Å²) >= 11 is 0. The predicted molar refractivity (Wildman–Crippen MR) is 38.6 cm³/mol. The summed E-state index contributed by atoms with van der Waals surface area (Å²) in [5.74, 6) is -0.0683. The molecule has 1 aromatic rings. The second-order valence-electron chi connectivity index (χ2n) is 2.31. The number of hydrogen-bond acceptors (Lipinski definition) is 1. The number of halogens is 1. The standard InChI is InChI=1S/C8H10FN/c1-7(6-9)8-4-2-3-5-10-8/h2-5,7H,6H2,1H3. The van der Waals surface area contributed by atoms with E-state index in [0.717, 1.165) is 5.69 Å². The van der Waals surface area contributed by atoms with E-state index in [2.05, 4.69) is 4.98 Å². The Morgan fingerprint density at radius 3 is 2.90 bits per heavy atom. The molecule has 0 amide bonds. The average molecular weight is 139 g/mol. The molecule has 0 radical (unpaired) electrons. The first kappa shape index (κ1) is 7.19. The molecule has 1 nitrogen and oxygen atoms in total. The van der Waals surface area contributed by atoms with Gasteiger partial charge in [-0.25, -0.2) is 0 Å². The molecule has 10 heavy (non-hydrogen) atoms. The lowest BCUT2D eigenvalue weighted by Crippen LogP contribution is -1.97. The van der Waals surface area contributed by atoms with Gasteiger partial charge in [0.25, 0.3) is 0 Å². The van der Waals surface area contributed by atoms with Crippen molar-refractivity contribution < 1.29 is 4.39 Å². The summed E-state index contributed by atoms with van der Waals surface area (Å²) in [5.41, 5.74) is 0.824. The lowest BCUT2D eigenvalue weighted by atomic mass is 10.1. The molecule has 1 unspecified atom stereocenters. The van der Waals surface area contributed by atoms with Crippen LogP contribution in [-0.4, -0.2) is 11.7 Å². The van der Waals surface area contributed by atoms with Crippen LogP contribution in [0.15, 0.2) is 24.4 Å². The summed E-state index contributed by atoms with van der Waals surface area (Å²) in [6.45, 7) is 1.49. The molecule has 1 aromatic heterocycles. The van der Waals surface area contributed by atoms with Crippen LogP contribution in [0.25, 0.3) is 0 Å². The molecule has 0 spiro atoms. The largest absolute Gasteiger partial charge is 0.261 e. The molecule has 0 saturated heterocycles. The van der Waals surface area contributed by atoms with Gasteiger partial charge in [-0.15, -0.1) is 0 Å². The third-order valence-corrected chi connectivity index (χ3v) is 1.42. The zero-order valence-corrected chi connectivity index (χ0v) is 5.92. The van der Waals surface area contributed by atoms with Gasteiger partial charge in [-0.05, 0) is 12.1 Å². The van der Waals surface area contributed by atoms with Crippen molar-refractivity contribution in [1.29, 1.82) is 0 Å². The maximum Gasteiger partial charge on any atom is 0.0975 e. The molecular weight excluding hydrogens is 129 g/mol. The fourth-order valence-electron chi connectivity index (χ4n) is 0.747. The molecule has 1 atom stereocenters. The van der Waals surface area contributed by atoms with E-state index in [9.17, 15) is 4.39 Å². The lowest BCUT2D eigenvalue weighted by molar-refractivity contribution is 0.442. The molecule has 54 valence electrons. The topological polar surface area (TPSA) is 12.9 Å². The first-order chi connectivity index (χ1) is 4.84. The number of hydrogen-bond donors (Lipinski definition) is 0. The second kappa shape index (κ2) is 3.30. The van der Waals surface area contributed by atoms with Crippen LogP contribution in [0.5, 0.6) is 0 Å². The minimum Gasteiger partial charge on any atom is -0.261 e. The molecular formula is C8H10FN. The van der Waals surface area contributed by atoms with Crippen LogP contribution in [0.4, 0.5) is 4.39 Å². The Balaban J connectivity index is 2.75. The van der Waals surface area contributed by atoms with Gasteiger partial charge in [0.05, 0.1) is 6.67 Å². The van der Waals surface area contributed by atoms with E-state index >= 15 is 0 Å². The molecule has 0 aromatic carbocycles. The Labute approximate surface area is 59.9 Å². The smallest absolute Gasteiger partial charge is 0.0975 e. The van der Waals surface area contributed by atoms with Gasteiger partial charge < -0.3 is 0 Å². The molecule has 0 aliphatic heterocycles. The highest BCUT2D eigenvalue weighted by Gasteiger charge is 2.03. The molecule has 0 N–H and O–H groups in total. The van der Waals surface area contributed by atoms with Crippen molar-refractivity contribution in [2.45, 2.75) is 12.8 Å². The fraction of sp³-hybridized carbons (Fsp3) is 0.375. The maximum absolute atomic E-state index is 12.0. The third-order valence-electron chi connectivity index (χ3n) is 1.42. The minimum absolute atomic E-state index is 0.0683. The Bertz CT molecular complexity index is 186. The van der Waals surface area contributed by atoms with Crippen LogP contribution in [-0.2, 0) is 0 Å². The van der Waals surface area contributed by atoms with Crippen molar-refractivity contribution in [3.8, 4) is 0 Å². The fourth-order valence-corrected chi connectivity index (χ4v) is 0.747. The highest BCUT2D eigenvalue weighted by atomic mass is 19.1. The van der Waals surface area contributed by atoms with Gasteiger partial charge in [-0.2, -0.15) is 0 Å². The van der Waals surface area contributed by atoms with E-state index in [1.165, 1.54) is 0 Å². The van der Waals surface area contributed by atoms with Gasteiger partial charge in [0.1, 0.15) is 0 Å². The Morgan fingerprint density at radius 1 is 1.60 bits per heavy atom. The molecule has 0 fully saturated rings. The van der Waals surface area contributed by atoms with Gasteiger partial charge in [-0.3, -0.25) is 9.37 Å². The first-order valence-corrected chi connectivity index (χ1v) is 3.31. The lowest BCUT2D eigenvalue weighted by Gasteiger charge is -2.03. The molecule has 0 bridgehead atoms. The van der Waals surface area contributed by atoms with Gasteiger partial charge in [-0.1, -0.05) is 13.0 Å². The van der Waals surface area contributed by atoms with Crippen LogP contribution in [0.1, 0.15) is 18.5 Å². The van der Waals surface area contributed by atoms with Crippen molar-refractivity contribution in [3.05, 3.63) is 30.1 Å². The average Bonchev–Trinajstić information content (AvgIpc) is 2.05. The molecule has 1 heterocycles. The Kier molecular flexibility index (Phi) is 2.37. The van der Waals surface area contributed by atoms with Gasteiger partial charge >= 0.3 is 0 Å². The highest BCUT2D eigenvalue weighted by molar-refractivity contribution is 5.07. The van der Waals surface area contributed by atoms with Crippen LogP contribution in [0, 0.1) is 0 Å². The summed E-state index contributed by atoms with van der Waals surface area (Å²) in [6, 6.07) is 5.53. The van der Waals surface area contributed by atoms with Gasteiger partial charge in [0.2, 0.25) is 0 Å². The number of aromatic nitrogens is 1. The van der Waals surface area contributed by atoms with Crippen LogP contribution in [0.2, 0.25) is 0 Å². The van der Waals surface area contributed by atoms with Crippen LogP contribution >= 0.6 is 0 Å².